The maximum Gasteiger partial charge on any atom is 0.175 e. The molecule has 1 atom stereocenters. The molecule has 1 heterocycles. The van der Waals surface area contributed by atoms with E-state index in [4.69, 9.17) is 0 Å². The van der Waals surface area contributed by atoms with Crippen molar-refractivity contribution in [3.63, 3.8) is 0 Å². The predicted octanol–water partition coefficient (Wildman–Crippen LogP) is 4.98. The van der Waals surface area contributed by atoms with Gasteiger partial charge in [-0.1, -0.05) is 49.5 Å². The van der Waals surface area contributed by atoms with Crippen molar-refractivity contribution in [1.82, 2.24) is 4.90 Å². The van der Waals surface area contributed by atoms with Crippen LogP contribution in [-0.4, -0.2) is 21.8 Å². The highest BCUT2D eigenvalue weighted by atomic mass is 16.3. The first kappa shape index (κ1) is 18.8. The van der Waals surface area contributed by atoms with Crippen LogP contribution in [0.4, 0.5) is 0 Å². The van der Waals surface area contributed by atoms with E-state index in [2.05, 4.69) is 6.92 Å². The average Bonchev–Trinajstić information content (AvgIpc) is 2.49. The molecule has 0 radical (unpaired) electrons. The molecular weight excluding hydrogens is 286 g/mol. The van der Waals surface area contributed by atoms with Gasteiger partial charge in [-0.05, 0) is 27.2 Å². The number of carbonyl (C=O) groups excluding carboxylic acids is 1. The Hall–Kier alpha value is -2.29. The van der Waals surface area contributed by atoms with Gasteiger partial charge in [0.15, 0.2) is 5.78 Å². The van der Waals surface area contributed by atoms with E-state index in [0.717, 1.165) is 17.6 Å². The summed E-state index contributed by atoms with van der Waals surface area (Å²) in [5.74, 6) is 0.277. The van der Waals surface area contributed by atoms with Crippen molar-refractivity contribution in [1.29, 1.82) is 0 Å². The average molecular weight is 313 g/mol. The Kier molecular flexibility index (Phi) is 7.33. The zero-order chi connectivity index (χ0) is 17.4. The predicted molar refractivity (Wildman–Crippen MR) is 96.9 cm³/mol. The van der Waals surface area contributed by atoms with Crippen LogP contribution in [0.1, 0.15) is 41.0 Å². The molecule has 0 aromatic carbocycles. The van der Waals surface area contributed by atoms with Crippen LogP contribution in [0.25, 0.3) is 0 Å². The van der Waals surface area contributed by atoms with Gasteiger partial charge in [-0.3, -0.25) is 4.79 Å². The van der Waals surface area contributed by atoms with E-state index in [1.54, 1.807) is 13.8 Å². The van der Waals surface area contributed by atoms with E-state index < -0.39 is 0 Å². The Bertz CT molecular complexity index is 612. The summed E-state index contributed by atoms with van der Waals surface area (Å²) in [6, 6.07) is 0.0954. The molecule has 0 bridgehead atoms. The van der Waals surface area contributed by atoms with Crippen LogP contribution in [0, 0.1) is 0 Å². The number of hydrogen-bond donors (Lipinski definition) is 1. The lowest BCUT2D eigenvalue weighted by Crippen LogP contribution is -2.31. The molecule has 0 fully saturated rings. The zero-order valence-corrected chi connectivity index (χ0v) is 14.7. The van der Waals surface area contributed by atoms with Gasteiger partial charge in [0.25, 0.3) is 0 Å². The van der Waals surface area contributed by atoms with E-state index in [1.807, 2.05) is 67.5 Å². The summed E-state index contributed by atoms with van der Waals surface area (Å²) in [4.78, 5) is 13.8. The van der Waals surface area contributed by atoms with E-state index in [-0.39, 0.29) is 17.6 Å². The molecule has 124 valence electrons. The summed E-state index contributed by atoms with van der Waals surface area (Å²) in [5.41, 5.74) is 2.28. The summed E-state index contributed by atoms with van der Waals surface area (Å²) in [5, 5.41) is 10.0. The molecule has 0 aliphatic carbocycles. The number of aliphatic hydroxyl groups is 1. The summed E-state index contributed by atoms with van der Waals surface area (Å²) < 4.78 is 0. The molecule has 1 unspecified atom stereocenters. The summed E-state index contributed by atoms with van der Waals surface area (Å²) in [7, 11) is 0. The molecule has 23 heavy (non-hydrogen) atoms. The number of rotatable bonds is 6. The van der Waals surface area contributed by atoms with Crippen molar-refractivity contribution in [2.24, 2.45) is 0 Å². The Morgan fingerprint density at radius 2 is 2.04 bits per heavy atom. The molecule has 1 rings (SSSR count). The first-order valence-corrected chi connectivity index (χ1v) is 8.01. The number of Topliss-reactive ketones (excluding diaryl/α,β-unsaturated/α-hetero) is 1. The van der Waals surface area contributed by atoms with Gasteiger partial charge in [0.1, 0.15) is 0 Å². The number of aliphatic hydroxyl groups excluding tert-OH is 1. The van der Waals surface area contributed by atoms with Crippen LogP contribution >= 0.6 is 0 Å². The normalized spacial score (nSPS) is 20.2. The van der Waals surface area contributed by atoms with E-state index in [9.17, 15) is 9.90 Å². The molecule has 0 aromatic heterocycles. The quantitative estimate of drug-likeness (QED) is 0.427. The lowest BCUT2D eigenvalue weighted by molar-refractivity contribution is -0.114. The second-order valence-electron chi connectivity index (χ2n) is 5.52. The van der Waals surface area contributed by atoms with Crippen LogP contribution in [0.2, 0.25) is 0 Å². The molecular formula is C20H27NO2. The number of ketones is 1. The van der Waals surface area contributed by atoms with E-state index >= 15 is 0 Å². The van der Waals surface area contributed by atoms with E-state index in [1.165, 1.54) is 0 Å². The minimum absolute atomic E-state index is 0.0259. The molecule has 3 heteroatoms. The molecule has 3 nitrogen and oxygen atoms in total. The molecule has 0 saturated heterocycles. The molecule has 1 aliphatic rings. The number of nitrogens with zero attached hydrogens (tertiary/aromatic N) is 1. The minimum Gasteiger partial charge on any atom is -0.512 e. The van der Waals surface area contributed by atoms with Crippen LogP contribution in [-0.2, 0) is 4.79 Å². The van der Waals surface area contributed by atoms with Gasteiger partial charge in [0.2, 0.25) is 0 Å². The fourth-order valence-electron chi connectivity index (χ4n) is 2.42. The standard InChI is InChI=1S/C20H27NO2/c1-6-8-9-10-11-19(16(4)22)18-13-12-15(3)21(14-18)20(7-2)17(5)23/h7-15,22H,6H2,1-5H3/b9-8+,11-10-,19-16-,20-7-. The van der Waals surface area contributed by atoms with Crippen LogP contribution in [0.5, 0.6) is 0 Å². The molecule has 0 spiro atoms. The fourth-order valence-corrected chi connectivity index (χ4v) is 2.42. The smallest absolute Gasteiger partial charge is 0.175 e. The monoisotopic (exact) mass is 313 g/mol. The van der Waals surface area contributed by atoms with Crippen LogP contribution < -0.4 is 0 Å². The number of hydrogen-bond acceptors (Lipinski definition) is 3. The third-order valence-corrected chi connectivity index (χ3v) is 3.63. The van der Waals surface area contributed by atoms with Gasteiger partial charge >= 0.3 is 0 Å². The lowest BCUT2D eigenvalue weighted by Gasteiger charge is -2.31. The van der Waals surface area contributed by atoms with Crippen molar-refractivity contribution < 1.29 is 9.90 Å². The van der Waals surface area contributed by atoms with Crippen LogP contribution in [0.3, 0.4) is 0 Å². The van der Waals surface area contributed by atoms with Crippen molar-refractivity contribution in [2.45, 2.75) is 47.1 Å². The Morgan fingerprint density at radius 3 is 2.57 bits per heavy atom. The second-order valence-corrected chi connectivity index (χ2v) is 5.52. The van der Waals surface area contributed by atoms with Gasteiger partial charge in [-0.25, -0.2) is 0 Å². The Balaban J connectivity index is 3.20. The van der Waals surface area contributed by atoms with Gasteiger partial charge < -0.3 is 10.0 Å². The Morgan fingerprint density at radius 1 is 1.35 bits per heavy atom. The lowest BCUT2D eigenvalue weighted by atomic mass is 9.99. The SMILES string of the molecule is C/C=C(/C(C)=O)N1C=C(C(/C=C\C=C\CC)=C(/C)O)C=CC1C. The minimum atomic E-state index is 0.0259. The highest BCUT2D eigenvalue weighted by molar-refractivity contribution is 5.93. The zero-order valence-electron chi connectivity index (χ0n) is 14.7. The van der Waals surface area contributed by atoms with Gasteiger partial charge in [-0.15, -0.1) is 0 Å². The Labute approximate surface area is 139 Å². The third kappa shape index (κ3) is 5.13. The molecule has 0 aromatic rings. The maximum atomic E-state index is 11.8. The molecule has 0 amide bonds. The molecule has 1 N–H and O–H groups in total. The summed E-state index contributed by atoms with van der Waals surface area (Å²) >= 11 is 0. The molecule has 1 aliphatic heterocycles. The largest absolute Gasteiger partial charge is 0.512 e. The highest BCUT2D eigenvalue weighted by Crippen LogP contribution is 2.25. The summed E-state index contributed by atoms with van der Waals surface area (Å²) in [6.45, 7) is 9.20. The third-order valence-electron chi connectivity index (χ3n) is 3.63. The van der Waals surface area contributed by atoms with Gasteiger partial charge in [-0.2, -0.15) is 0 Å². The van der Waals surface area contributed by atoms with Crippen molar-refractivity contribution in [3.05, 3.63) is 71.3 Å². The van der Waals surface area contributed by atoms with E-state index in [0.29, 0.717) is 5.70 Å². The van der Waals surface area contributed by atoms with Crippen LogP contribution in [0.15, 0.2) is 71.3 Å². The first-order chi connectivity index (χ1) is 10.9. The maximum absolute atomic E-state index is 11.8. The van der Waals surface area contributed by atoms with Gasteiger partial charge in [0.05, 0.1) is 11.5 Å². The molecule has 0 saturated carbocycles. The van der Waals surface area contributed by atoms with Crippen molar-refractivity contribution in [2.75, 3.05) is 0 Å². The van der Waals surface area contributed by atoms with Crippen molar-refractivity contribution in [3.8, 4) is 0 Å². The highest BCUT2D eigenvalue weighted by Gasteiger charge is 2.20. The van der Waals surface area contributed by atoms with Crippen molar-refractivity contribution >= 4 is 5.78 Å². The first-order valence-electron chi connectivity index (χ1n) is 8.01. The fraction of sp³-hybridized carbons (Fsp3) is 0.350. The second kappa shape index (κ2) is 8.99. The number of carbonyl (C=O) groups is 1. The van der Waals surface area contributed by atoms with Gasteiger partial charge in [0, 0.05) is 30.3 Å². The summed E-state index contributed by atoms with van der Waals surface area (Å²) in [6.07, 6.45) is 16.5. The topological polar surface area (TPSA) is 40.5 Å². The number of allylic oxidation sites excluding steroid dienone is 10.